The molecule has 0 spiro atoms. The van der Waals surface area contributed by atoms with Crippen molar-refractivity contribution in [3.8, 4) is 0 Å². The number of para-hydroxylation sites is 1. The Hall–Kier alpha value is -2.43. The van der Waals surface area contributed by atoms with Crippen LogP contribution in [0.1, 0.15) is 23.3 Å². The lowest BCUT2D eigenvalue weighted by Gasteiger charge is -2.29. The van der Waals surface area contributed by atoms with Crippen LogP contribution in [0.15, 0.2) is 36.4 Å². The van der Waals surface area contributed by atoms with Crippen LogP contribution in [0, 0.1) is 5.92 Å². The van der Waals surface area contributed by atoms with Crippen LogP contribution >= 0.6 is 0 Å². The number of fused-ring (bicyclic) bond motifs is 1. The molecule has 21 heavy (non-hydrogen) atoms. The Labute approximate surface area is 122 Å². The maximum Gasteiger partial charge on any atom is 0.306 e. The minimum Gasteiger partial charge on any atom is -0.481 e. The van der Waals surface area contributed by atoms with Gasteiger partial charge in [-0.3, -0.25) is 9.59 Å². The van der Waals surface area contributed by atoms with Gasteiger partial charge in [0.25, 0.3) is 5.91 Å². The van der Waals surface area contributed by atoms with Crippen molar-refractivity contribution in [3.05, 3.63) is 42.1 Å². The lowest BCUT2D eigenvalue weighted by Crippen LogP contribution is -2.40. The number of hydrogen-bond acceptors (Lipinski definition) is 3. The fraction of sp³-hybridized carbons (Fsp3) is 0.312. The van der Waals surface area contributed by atoms with Gasteiger partial charge in [-0.25, -0.2) is 4.98 Å². The third-order valence-electron chi connectivity index (χ3n) is 3.95. The first-order valence-electron chi connectivity index (χ1n) is 7.03. The van der Waals surface area contributed by atoms with Crippen molar-refractivity contribution in [2.45, 2.75) is 12.8 Å². The molecule has 3 rings (SSSR count). The Bertz CT molecular complexity index is 691. The summed E-state index contributed by atoms with van der Waals surface area (Å²) in [4.78, 5) is 29.5. The predicted octanol–water partition coefficient (Wildman–Crippen LogP) is 2.17. The number of nitrogens with zero attached hydrogens (tertiary/aromatic N) is 2. The summed E-state index contributed by atoms with van der Waals surface area (Å²) >= 11 is 0. The molecule has 5 heteroatoms. The molecule has 1 aromatic heterocycles. The highest BCUT2D eigenvalue weighted by molar-refractivity contribution is 5.95. The standard InChI is InChI=1S/C16H16N2O3/c19-15(18-9-7-12(8-10-18)16(20)21)14-6-5-11-3-1-2-4-13(11)17-14/h1-6,12H,7-10H2,(H,20,21). The van der Waals surface area contributed by atoms with Crippen molar-refractivity contribution < 1.29 is 14.7 Å². The van der Waals surface area contributed by atoms with E-state index in [1.807, 2.05) is 30.3 Å². The summed E-state index contributed by atoms with van der Waals surface area (Å²) in [5.74, 6) is -1.23. The molecule has 0 bridgehead atoms. The van der Waals surface area contributed by atoms with Gasteiger partial charge in [0.05, 0.1) is 11.4 Å². The zero-order chi connectivity index (χ0) is 14.8. The topological polar surface area (TPSA) is 70.5 Å². The van der Waals surface area contributed by atoms with Gasteiger partial charge >= 0.3 is 5.97 Å². The van der Waals surface area contributed by atoms with E-state index in [2.05, 4.69) is 4.98 Å². The highest BCUT2D eigenvalue weighted by atomic mass is 16.4. The molecule has 0 atom stereocenters. The number of carboxylic acid groups (broad SMARTS) is 1. The van der Waals surface area contributed by atoms with Crippen molar-refractivity contribution in [3.63, 3.8) is 0 Å². The number of amides is 1. The minimum absolute atomic E-state index is 0.121. The Morgan fingerprint density at radius 3 is 2.52 bits per heavy atom. The van der Waals surface area contributed by atoms with Gasteiger partial charge in [0.1, 0.15) is 5.69 Å². The van der Waals surface area contributed by atoms with Crippen LogP contribution in [-0.2, 0) is 4.79 Å². The number of likely N-dealkylation sites (tertiary alicyclic amines) is 1. The molecular weight excluding hydrogens is 268 g/mol. The Morgan fingerprint density at radius 2 is 1.81 bits per heavy atom. The first-order chi connectivity index (χ1) is 10.1. The molecule has 2 heterocycles. The summed E-state index contributed by atoms with van der Waals surface area (Å²) in [6.07, 6.45) is 1.02. The Morgan fingerprint density at radius 1 is 1.10 bits per heavy atom. The molecule has 108 valence electrons. The summed E-state index contributed by atoms with van der Waals surface area (Å²) < 4.78 is 0. The van der Waals surface area contributed by atoms with E-state index >= 15 is 0 Å². The second-order valence-electron chi connectivity index (χ2n) is 5.29. The van der Waals surface area contributed by atoms with Crippen LogP contribution in [0.2, 0.25) is 0 Å². The van der Waals surface area contributed by atoms with Gasteiger partial charge in [0.2, 0.25) is 0 Å². The molecule has 1 amide bonds. The van der Waals surface area contributed by atoms with Crippen molar-refractivity contribution in [2.24, 2.45) is 5.92 Å². The third-order valence-corrected chi connectivity index (χ3v) is 3.95. The van der Waals surface area contributed by atoms with Crippen LogP contribution in [0.3, 0.4) is 0 Å². The fourth-order valence-corrected chi connectivity index (χ4v) is 2.68. The van der Waals surface area contributed by atoms with E-state index in [1.165, 1.54) is 0 Å². The second kappa shape index (κ2) is 5.52. The normalized spacial score (nSPS) is 16.1. The highest BCUT2D eigenvalue weighted by Crippen LogP contribution is 2.19. The molecule has 0 saturated carbocycles. The number of benzene rings is 1. The molecular formula is C16H16N2O3. The zero-order valence-corrected chi connectivity index (χ0v) is 11.5. The SMILES string of the molecule is O=C(O)C1CCN(C(=O)c2ccc3ccccc3n2)CC1. The van der Waals surface area contributed by atoms with Crippen LogP contribution in [0.5, 0.6) is 0 Å². The highest BCUT2D eigenvalue weighted by Gasteiger charge is 2.27. The molecule has 0 radical (unpaired) electrons. The lowest BCUT2D eigenvalue weighted by molar-refractivity contribution is -0.143. The number of pyridine rings is 1. The number of aromatic nitrogens is 1. The minimum atomic E-state index is -0.772. The van der Waals surface area contributed by atoms with Crippen LogP contribution in [0.25, 0.3) is 10.9 Å². The number of aliphatic carboxylic acids is 1. The maximum atomic E-state index is 12.4. The van der Waals surface area contributed by atoms with E-state index in [1.54, 1.807) is 11.0 Å². The molecule has 2 aromatic rings. The molecule has 1 aliphatic heterocycles. The molecule has 1 fully saturated rings. The number of carbonyl (C=O) groups is 2. The molecule has 1 aromatic carbocycles. The molecule has 1 N–H and O–H groups in total. The predicted molar refractivity (Wildman–Crippen MR) is 78.0 cm³/mol. The molecule has 5 nitrogen and oxygen atoms in total. The van der Waals surface area contributed by atoms with E-state index in [0.717, 1.165) is 10.9 Å². The second-order valence-corrected chi connectivity index (χ2v) is 5.29. The molecule has 0 aliphatic carbocycles. The van der Waals surface area contributed by atoms with Crippen LogP contribution in [0.4, 0.5) is 0 Å². The Kier molecular flexibility index (Phi) is 3.56. The first-order valence-corrected chi connectivity index (χ1v) is 7.03. The zero-order valence-electron chi connectivity index (χ0n) is 11.5. The van der Waals surface area contributed by atoms with E-state index in [9.17, 15) is 9.59 Å². The fourth-order valence-electron chi connectivity index (χ4n) is 2.68. The largest absolute Gasteiger partial charge is 0.481 e. The summed E-state index contributed by atoms with van der Waals surface area (Å²) in [5, 5.41) is 9.98. The van der Waals surface area contributed by atoms with Crippen molar-refractivity contribution in [1.29, 1.82) is 0 Å². The average molecular weight is 284 g/mol. The van der Waals surface area contributed by atoms with Crippen molar-refractivity contribution in [2.75, 3.05) is 13.1 Å². The smallest absolute Gasteiger partial charge is 0.306 e. The number of hydrogen-bond donors (Lipinski definition) is 1. The van der Waals surface area contributed by atoms with E-state index in [0.29, 0.717) is 31.6 Å². The number of piperidine rings is 1. The van der Waals surface area contributed by atoms with Gasteiger partial charge in [-0.05, 0) is 25.0 Å². The third kappa shape index (κ3) is 2.72. The summed E-state index contributed by atoms with van der Waals surface area (Å²) in [6, 6.07) is 11.3. The maximum absolute atomic E-state index is 12.4. The van der Waals surface area contributed by atoms with Gasteiger partial charge in [0, 0.05) is 18.5 Å². The van der Waals surface area contributed by atoms with Crippen LogP contribution in [-0.4, -0.2) is 40.0 Å². The molecule has 0 unspecified atom stereocenters. The average Bonchev–Trinajstić information content (AvgIpc) is 2.54. The number of carboxylic acids is 1. The van der Waals surface area contributed by atoms with E-state index < -0.39 is 5.97 Å². The van der Waals surface area contributed by atoms with Gasteiger partial charge in [0.15, 0.2) is 0 Å². The van der Waals surface area contributed by atoms with Crippen molar-refractivity contribution >= 4 is 22.8 Å². The van der Waals surface area contributed by atoms with Gasteiger partial charge in [-0.2, -0.15) is 0 Å². The summed E-state index contributed by atoms with van der Waals surface area (Å²) in [5.41, 5.74) is 1.21. The van der Waals surface area contributed by atoms with Gasteiger partial charge in [-0.1, -0.05) is 24.3 Å². The number of rotatable bonds is 2. The number of carbonyl (C=O) groups excluding carboxylic acids is 1. The molecule has 1 saturated heterocycles. The monoisotopic (exact) mass is 284 g/mol. The quantitative estimate of drug-likeness (QED) is 0.917. The summed E-state index contributed by atoms with van der Waals surface area (Å²) in [6.45, 7) is 0.953. The lowest BCUT2D eigenvalue weighted by atomic mass is 9.97. The van der Waals surface area contributed by atoms with E-state index in [4.69, 9.17) is 5.11 Å². The Balaban J connectivity index is 1.76. The first kappa shape index (κ1) is 13.5. The van der Waals surface area contributed by atoms with Gasteiger partial charge < -0.3 is 10.0 Å². The van der Waals surface area contributed by atoms with Gasteiger partial charge in [-0.15, -0.1) is 0 Å². The summed E-state index contributed by atoms with van der Waals surface area (Å²) in [7, 11) is 0. The molecule has 1 aliphatic rings. The van der Waals surface area contributed by atoms with E-state index in [-0.39, 0.29) is 11.8 Å². The van der Waals surface area contributed by atoms with Crippen LogP contribution < -0.4 is 0 Å². The van der Waals surface area contributed by atoms with Crippen molar-refractivity contribution in [1.82, 2.24) is 9.88 Å².